The fraction of sp³-hybridized carbons (Fsp3) is 0. The fourth-order valence-corrected chi connectivity index (χ4v) is 2.53. The van der Waals surface area contributed by atoms with E-state index in [1.807, 2.05) is 54.7 Å². The summed E-state index contributed by atoms with van der Waals surface area (Å²) in [7, 11) is 0. The molecule has 0 unspecified atom stereocenters. The number of rotatable bonds is 2. The van der Waals surface area contributed by atoms with E-state index < -0.39 is 0 Å². The van der Waals surface area contributed by atoms with Crippen molar-refractivity contribution in [2.75, 3.05) is 5.73 Å². The first-order valence-electron chi connectivity index (χ1n) is 6.94. The third-order valence-corrected chi connectivity index (χ3v) is 3.54. The monoisotopic (exact) mass is 287 g/mol. The van der Waals surface area contributed by atoms with Gasteiger partial charge in [-0.1, -0.05) is 30.3 Å². The van der Waals surface area contributed by atoms with Gasteiger partial charge in [-0.2, -0.15) is 0 Å². The first-order chi connectivity index (χ1) is 10.8. The van der Waals surface area contributed by atoms with E-state index in [1.165, 1.54) is 0 Å². The zero-order valence-corrected chi connectivity index (χ0v) is 11.7. The van der Waals surface area contributed by atoms with Crippen molar-refractivity contribution >= 4 is 17.0 Å². The zero-order valence-electron chi connectivity index (χ0n) is 11.7. The average Bonchev–Trinajstić information content (AvgIpc) is 2.99. The largest absolute Gasteiger partial charge is 0.368 e. The number of nitrogens with zero attached hydrogens (tertiary/aromatic N) is 3. The molecule has 4 rings (SSSR count). The van der Waals surface area contributed by atoms with Crippen molar-refractivity contribution in [3.63, 3.8) is 0 Å². The summed E-state index contributed by atoms with van der Waals surface area (Å²) in [6.45, 7) is 0. The van der Waals surface area contributed by atoms with Crippen LogP contribution < -0.4 is 5.73 Å². The Morgan fingerprint density at radius 3 is 2.59 bits per heavy atom. The van der Waals surface area contributed by atoms with E-state index in [2.05, 4.69) is 19.9 Å². The molecule has 0 spiro atoms. The van der Waals surface area contributed by atoms with Gasteiger partial charge >= 0.3 is 0 Å². The highest BCUT2D eigenvalue weighted by Crippen LogP contribution is 2.29. The number of nitrogens with one attached hydrogen (secondary N) is 1. The first kappa shape index (κ1) is 12.5. The Morgan fingerprint density at radius 2 is 1.73 bits per heavy atom. The van der Waals surface area contributed by atoms with E-state index >= 15 is 0 Å². The summed E-state index contributed by atoms with van der Waals surface area (Å²) in [6, 6.07) is 15.8. The van der Waals surface area contributed by atoms with Crippen LogP contribution in [-0.2, 0) is 0 Å². The van der Waals surface area contributed by atoms with Crippen LogP contribution in [0.3, 0.4) is 0 Å². The predicted molar refractivity (Wildman–Crippen MR) is 87.0 cm³/mol. The lowest BCUT2D eigenvalue weighted by Gasteiger charge is -2.05. The molecule has 0 aliphatic heterocycles. The SMILES string of the molecule is Nc1nc(-c2ccccc2)cc(-c2c[nH]c3ncccc23)n1. The highest BCUT2D eigenvalue weighted by Gasteiger charge is 2.11. The van der Waals surface area contributed by atoms with Gasteiger partial charge in [0.25, 0.3) is 0 Å². The Hall–Kier alpha value is -3.21. The third kappa shape index (κ3) is 2.09. The van der Waals surface area contributed by atoms with Gasteiger partial charge in [-0.05, 0) is 18.2 Å². The molecule has 0 saturated carbocycles. The zero-order chi connectivity index (χ0) is 14.9. The minimum absolute atomic E-state index is 0.259. The second-order valence-electron chi connectivity index (χ2n) is 4.96. The van der Waals surface area contributed by atoms with Crippen LogP contribution in [0.5, 0.6) is 0 Å². The van der Waals surface area contributed by atoms with Gasteiger partial charge in [0.1, 0.15) is 5.65 Å². The summed E-state index contributed by atoms with van der Waals surface area (Å²) in [5, 5.41) is 1.01. The highest BCUT2D eigenvalue weighted by molar-refractivity contribution is 5.93. The van der Waals surface area contributed by atoms with Gasteiger partial charge in [0.15, 0.2) is 0 Å². The maximum Gasteiger partial charge on any atom is 0.221 e. The highest BCUT2D eigenvalue weighted by atomic mass is 15.0. The Kier molecular flexibility index (Phi) is 2.83. The molecule has 106 valence electrons. The molecule has 0 bridgehead atoms. The molecule has 1 aromatic carbocycles. The molecule has 0 aliphatic carbocycles. The number of nitrogens with two attached hydrogens (primary N) is 1. The van der Waals surface area contributed by atoms with Gasteiger partial charge in [0, 0.05) is 28.9 Å². The van der Waals surface area contributed by atoms with Crippen molar-refractivity contribution in [3.8, 4) is 22.5 Å². The standard InChI is InChI=1S/C17H13N5/c18-17-21-14(11-5-2-1-3-6-11)9-15(22-17)13-10-20-16-12(13)7-4-8-19-16/h1-10H,(H,19,20)(H2,18,21,22). The number of aromatic amines is 1. The smallest absolute Gasteiger partial charge is 0.221 e. The summed E-state index contributed by atoms with van der Waals surface area (Å²) in [6.07, 6.45) is 3.65. The maximum absolute atomic E-state index is 5.90. The van der Waals surface area contributed by atoms with E-state index in [0.717, 1.165) is 33.5 Å². The molecule has 3 heterocycles. The second-order valence-corrected chi connectivity index (χ2v) is 4.96. The maximum atomic E-state index is 5.90. The van der Waals surface area contributed by atoms with Crippen LogP contribution in [-0.4, -0.2) is 19.9 Å². The Balaban J connectivity index is 1.91. The van der Waals surface area contributed by atoms with E-state index in [-0.39, 0.29) is 5.95 Å². The quantitative estimate of drug-likeness (QED) is 0.593. The van der Waals surface area contributed by atoms with Crippen molar-refractivity contribution in [1.29, 1.82) is 0 Å². The molecular weight excluding hydrogens is 274 g/mol. The van der Waals surface area contributed by atoms with Crippen LogP contribution in [0.15, 0.2) is 60.9 Å². The number of pyridine rings is 1. The predicted octanol–water partition coefficient (Wildman–Crippen LogP) is 3.27. The topological polar surface area (TPSA) is 80.5 Å². The Morgan fingerprint density at radius 1 is 0.909 bits per heavy atom. The number of benzene rings is 1. The molecule has 3 aromatic heterocycles. The molecule has 5 nitrogen and oxygen atoms in total. The van der Waals surface area contributed by atoms with Gasteiger partial charge in [-0.15, -0.1) is 0 Å². The second kappa shape index (κ2) is 4.96. The molecule has 0 fully saturated rings. The summed E-state index contributed by atoms with van der Waals surface area (Å²) < 4.78 is 0. The molecule has 0 aliphatic rings. The van der Waals surface area contributed by atoms with Gasteiger partial charge in [0.2, 0.25) is 5.95 Å². The Bertz CT molecular complexity index is 944. The molecule has 0 radical (unpaired) electrons. The van der Waals surface area contributed by atoms with Crippen molar-refractivity contribution in [2.45, 2.75) is 0 Å². The van der Waals surface area contributed by atoms with Crippen molar-refractivity contribution in [3.05, 3.63) is 60.9 Å². The van der Waals surface area contributed by atoms with Crippen LogP contribution in [0.1, 0.15) is 0 Å². The molecule has 0 amide bonds. The van der Waals surface area contributed by atoms with Crippen molar-refractivity contribution in [2.24, 2.45) is 0 Å². The Labute approximate surface area is 126 Å². The van der Waals surface area contributed by atoms with Crippen LogP contribution in [0.2, 0.25) is 0 Å². The van der Waals surface area contributed by atoms with Gasteiger partial charge < -0.3 is 10.7 Å². The molecular formula is C17H13N5. The summed E-state index contributed by atoms with van der Waals surface area (Å²) in [5.74, 6) is 0.259. The van der Waals surface area contributed by atoms with Crippen LogP contribution in [0, 0.1) is 0 Å². The lowest BCUT2D eigenvalue weighted by Crippen LogP contribution is -1.98. The average molecular weight is 287 g/mol. The van der Waals surface area contributed by atoms with E-state index in [0.29, 0.717) is 0 Å². The van der Waals surface area contributed by atoms with E-state index in [4.69, 9.17) is 5.73 Å². The van der Waals surface area contributed by atoms with Crippen molar-refractivity contribution in [1.82, 2.24) is 19.9 Å². The van der Waals surface area contributed by atoms with Crippen LogP contribution in [0.25, 0.3) is 33.5 Å². The minimum atomic E-state index is 0.259. The van der Waals surface area contributed by atoms with Gasteiger partial charge in [-0.25, -0.2) is 15.0 Å². The molecule has 22 heavy (non-hydrogen) atoms. The number of hydrogen-bond donors (Lipinski definition) is 2. The molecule has 3 N–H and O–H groups in total. The number of aromatic nitrogens is 4. The summed E-state index contributed by atoms with van der Waals surface area (Å²) in [4.78, 5) is 16.2. The van der Waals surface area contributed by atoms with E-state index in [1.54, 1.807) is 6.20 Å². The van der Waals surface area contributed by atoms with Gasteiger partial charge in [0.05, 0.1) is 11.4 Å². The third-order valence-electron chi connectivity index (χ3n) is 3.54. The molecule has 5 heteroatoms. The minimum Gasteiger partial charge on any atom is -0.368 e. The number of fused-ring (bicyclic) bond motifs is 1. The fourth-order valence-electron chi connectivity index (χ4n) is 2.53. The van der Waals surface area contributed by atoms with Crippen molar-refractivity contribution < 1.29 is 0 Å². The number of anilines is 1. The first-order valence-corrected chi connectivity index (χ1v) is 6.94. The normalized spacial score (nSPS) is 10.9. The molecule has 0 atom stereocenters. The lowest BCUT2D eigenvalue weighted by atomic mass is 10.1. The van der Waals surface area contributed by atoms with Gasteiger partial charge in [-0.3, -0.25) is 0 Å². The number of nitrogen functional groups attached to an aromatic ring is 1. The number of H-pyrrole nitrogens is 1. The number of hydrogen-bond acceptors (Lipinski definition) is 4. The van der Waals surface area contributed by atoms with E-state index in [9.17, 15) is 0 Å². The van der Waals surface area contributed by atoms with Crippen LogP contribution in [0.4, 0.5) is 5.95 Å². The lowest BCUT2D eigenvalue weighted by molar-refractivity contribution is 1.19. The van der Waals surface area contributed by atoms with Crippen LogP contribution >= 0.6 is 0 Å². The summed E-state index contributed by atoms with van der Waals surface area (Å²) in [5.41, 5.74) is 10.3. The molecule has 4 aromatic rings. The summed E-state index contributed by atoms with van der Waals surface area (Å²) >= 11 is 0. The molecule has 0 saturated heterocycles.